The molecule has 0 fully saturated rings. The van der Waals surface area contributed by atoms with Crippen molar-refractivity contribution in [2.24, 2.45) is 0 Å². The number of carbonyl (C=O) groups is 2. The third-order valence-electron chi connectivity index (χ3n) is 7.04. The van der Waals surface area contributed by atoms with E-state index in [1.807, 2.05) is 40.6 Å². The summed E-state index contributed by atoms with van der Waals surface area (Å²) in [4.78, 5) is 32.1. The van der Waals surface area contributed by atoms with E-state index in [-0.39, 0.29) is 18.4 Å². The molecule has 41 heavy (non-hydrogen) atoms. The van der Waals surface area contributed by atoms with Crippen LogP contribution >= 0.6 is 11.3 Å². The Balaban J connectivity index is 1.76. The number of rotatable bonds is 17. The Morgan fingerprint density at radius 2 is 1.59 bits per heavy atom. The molecule has 2 amide bonds. The first-order chi connectivity index (χ1) is 19.9. The SMILES string of the molecule is CCCCOc1ccc(C(=O)N(CCCC)CC(=O)N(CCc2ccc(OC)c(OC)c2)Cc2sccc2C)cc1. The van der Waals surface area contributed by atoms with Crippen molar-refractivity contribution >= 4 is 23.2 Å². The van der Waals surface area contributed by atoms with Gasteiger partial charge in [0.15, 0.2) is 11.5 Å². The zero-order valence-electron chi connectivity index (χ0n) is 25.1. The molecule has 7 nitrogen and oxygen atoms in total. The predicted molar refractivity (Wildman–Crippen MR) is 165 cm³/mol. The van der Waals surface area contributed by atoms with Gasteiger partial charge in [-0.1, -0.05) is 32.8 Å². The Morgan fingerprint density at radius 1 is 0.854 bits per heavy atom. The summed E-state index contributed by atoms with van der Waals surface area (Å²) in [7, 11) is 3.23. The van der Waals surface area contributed by atoms with Gasteiger partial charge in [-0.3, -0.25) is 9.59 Å². The molecule has 0 spiro atoms. The van der Waals surface area contributed by atoms with Gasteiger partial charge in [-0.25, -0.2) is 0 Å². The van der Waals surface area contributed by atoms with E-state index in [1.165, 1.54) is 5.56 Å². The molecular formula is C33H44N2O5S. The van der Waals surface area contributed by atoms with Crippen molar-refractivity contribution in [2.75, 3.05) is 40.5 Å². The van der Waals surface area contributed by atoms with Crippen molar-refractivity contribution in [3.63, 3.8) is 0 Å². The predicted octanol–water partition coefficient (Wildman–Crippen LogP) is 6.77. The Kier molecular flexibility index (Phi) is 13.0. The molecule has 0 atom stereocenters. The highest BCUT2D eigenvalue weighted by atomic mass is 32.1. The summed E-state index contributed by atoms with van der Waals surface area (Å²) in [6.07, 6.45) is 4.46. The maximum absolute atomic E-state index is 13.8. The molecular weight excluding hydrogens is 536 g/mol. The minimum atomic E-state index is -0.140. The standard InChI is InChI=1S/C33H44N2O5S/c1-6-8-18-35(33(37)27-11-13-28(14-12-27)40-20-9-7-2)24-32(36)34(23-31-25(3)17-21-41-31)19-16-26-10-15-29(38-4)30(22-26)39-5/h10-15,17,21-22H,6-9,16,18-20,23-24H2,1-5H3. The Labute approximate surface area is 249 Å². The summed E-state index contributed by atoms with van der Waals surface area (Å²) >= 11 is 1.65. The molecule has 0 bridgehead atoms. The Hall–Kier alpha value is -3.52. The summed E-state index contributed by atoms with van der Waals surface area (Å²) in [5.74, 6) is 1.87. The van der Waals surface area contributed by atoms with Crippen LogP contribution in [0.25, 0.3) is 0 Å². The number of aryl methyl sites for hydroxylation is 1. The minimum Gasteiger partial charge on any atom is -0.494 e. The van der Waals surface area contributed by atoms with Gasteiger partial charge in [0.05, 0.1) is 27.4 Å². The van der Waals surface area contributed by atoms with E-state index < -0.39 is 0 Å². The number of hydrogen-bond acceptors (Lipinski definition) is 6. The van der Waals surface area contributed by atoms with E-state index in [1.54, 1.807) is 42.6 Å². The summed E-state index contributed by atoms with van der Waals surface area (Å²) in [6, 6.07) is 15.1. The molecule has 8 heteroatoms. The molecule has 0 saturated carbocycles. The van der Waals surface area contributed by atoms with E-state index in [0.29, 0.717) is 49.7 Å². The van der Waals surface area contributed by atoms with Crippen LogP contribution in [0.5, 0.6) is 17.2 Å². The summed E-state index contributed by atoms with van der Waals surface area (Å²) in [6.45, 7) is 8.51. The van der Waals surface area contributed by atoms with Gasteiger partial charge in [0.25, 0.3) is 5.91 Å². The van der Waals surface area contributed by atoms with Gasteiger partial charge >= 0.3 is 0 Å². The Morgan fingerprint density at radius 3 is 2.22 bits per heavy atom. The molecule has 0 saturated heterocycles. The second-order valence-electron chi connectivity index (χ2n) is 10.1. The first kappa shape index (κ1) is 32.0. The molecule has 3 aromatic rings. The van der Waals surface area contributed by atoms with Gasteiger partial charge in [-0.15, -0.1) is 11.3 Å². The lowest BCUT2D eigenvalue weighted by molar-refractivity contribution is -0.132. The second-order valence-corrected chi connectivity index (χ2v) is 11.1. The molecule has 2 aromatic carbocycles. The zero-order valence-corrected chi connectivity index (χ0v) is 25.9. The van der Waals surface area contributed by atoms with Crippen LogP contribution in [0.1, 0.15) is 65.9 Å². The number of thiophene rings is 1. The maximum Gasteiger partial charge on any atom is 0.254 e. The quantitative estimate of drug-likeness (QED) is 0.165. The van der Waals surface area contributed by atoms with Gasteiger partial charge in [0, 0.05) is 23.5 Å². The number of methoxy groups -OCH3 is 2. The smallest absolute Gasteiger partial charge is 0.254 e. The van der Waals surface area contributed by atoms with Gasteiger partial charge < -0.3 is 24.0 Å². The summed E-state index contributed by atoms with van der Waals surface area (Å²) in [5, 5.41) is 2.05. The zero-order chi connectivity index (χ0) is 29.6. The summed E-state index contributed by atoms with van der Waals surface area (Å²) < 4.78 is 16.6. The average molecular weight is 581 g/mol. The molecule has 1 aromatic heterocycles. The van der Waals surface area contributed by atoms with E-state index in [2.05, 4.69) is 26.8 Å². The molecule has 0 aliphatic heterocycles. The third-order valence-corrected chi connectivity index (χ3v) is 8.04. The highest BCUT2D eigenvalue weighted by molar-refractivity contribution is 7.10. The van der Waals surface area contributed by atoms with Crippen molar-refractivity contribution in [3.05, 3.63) is 75.5 Å². The number of unbranched alkanes of at least 4 members (excludes halogenated alkanes) is 2. The number of ether oxygens (including phenoxy) is 3. The fraction of sp³-hybridized carbons (Fsp3) is 0.455. The molecule has 0 N–H and O–H groups in total. The fourth-order valence-corrected chi connectivity index (χ4v) is 5.33. The van der Waals surface area contributed by atoms with E-state index >= 15 is 0 Å². The van der Waals surface area contributed by atoms with Gasteiger partial charge in [-0.2, -0.15) is 0 Å². The van der Waals surface area contributed by atoms with Crippen molar-refractivity contribution in [1.29, 1.82) is 0 Å². The highest BCUT2D eigenvalue weighted by Crippen LogP contribution is 2.28. The van der Waals surface area contributed by atoms with Crippen LogP contribution in [-0.2, 0) is 17.8 Å². The first-order valence-electron chi connectivity index (χ1n) is 14.4. The van der Waals surface area contributed by atoms with E-state index in [9.17, 15) is 9.59 Å². The number of carbonyl (C=O) groups excluding carboxylic acids is 2. The molecule has 222 valence electrons. The van der Waals surface area contributed by atoms with Crippen molar-refractivity contribution in [3.8, 4) is 17.2 Å². The van der Waals surface area contributed by atoms with Gasteiger partial charge in [-0.05, 0) is 85.2 Å². The molecule has 0 aliphatic carbocycles. The van der Waals surface area contributed by atoms with Crippen LogP contribution in [-0.4, -0.2) is 62.1 Å². The van der Waals surface area contributed by atoms with Crippen LogP contribution in [0, 0.1) is 6.92 Å². The van der Waals surface area contributed by atoms with E-state index in [0.717, 1.165) is 41.9 Å². The maximum atomic E-state index is 13.8. The molecule has 3 rings (SSSR count). The molecule has 0 aliphatic rings. The minimum absolute atomic E-state index is 0.0317. The van der Waals surface area contributed by atoms with E-state index in [4.69, 9.17) is 14.2 Å². The number of benzene rings is 2. The van der Waals surface area contributed by atoms with Gasteiger partial charge in [0.2, 0.25) is 5.91 Å². The highest BCUT2D eigenvalue weighted by Gasteiger charge is 2.23. The van der Waals surface area contributed by atoms with Crippen LogP contribution < -0.4 is 14.2 Å². The monoisotopic (exact) mass is 580 g/mol. The van der Waals surface area contributed by atoms with Crippen molar-refractivity contribution in [1.82, 2.24) is 9.80 Å². The average Bonchev–Trinajstić information content (AvgIpc) is 3.40. The third kappa shape index (κ3) is 9.52. The Bertz CT molecular complexity index is 1240. The molecule has 0 radical (unpaired) electrons. The molecule has 1 heterocycles. The van der Waals surface area contributed by atoms with Gasteiger partial charge in [0.1, 0.15) is 12.3 Å². The molecule has 0 unspecified atom stereocenters. The van der Waals surface area contributed by atoms with Crippen molar-refractivity contribution in [2.45, 2.75) is 59.4 Å². The number of hydrogen-bond donors (Lipinski definition) is 0. The number of nitrogens with zero attached hydrogens (tertiary/aromatic N) is 2. The van der Waals surface area contributed by atoms with Crippen LogP contribution in [0.2, 0.25) is 0 Å². The normalized spacial score (nSPS) is 10.8. The largest absolute Gasteiger partial charge is 0.494 e. The lowest BCUT2D eigenvalue weighted by atomic mass is 10.1. The summed E-state index contributed by atoms with van der Waals surface area (Å²) in [5.41, 5.74) is 2.77. The lowest BCUT2D eigenvalue weighted by Gasteiger charge is -2.28. The second kappa shape index (κ2) is 16.7. The first-order valence-corrected chi connectivity index (χ1v) is 15.3. The van der Waals surface area contributed by atoms with Crippen LogP contribution in [0.4, 0.5) is 0 Å². The van der Waals surface area contributed by atoms with Crippen LogP contribution in [0.15, 0.2) is 53.9 Å². The lowest BCUT2D eigenvalue weighted by Crippen LogP contribution is -2.43. The number of amides is 2. The van der Waals surface area contributed by atoms with Crippen LogP contribution in [0.3, 0.4) is 0 Å². The topological polar surface area (TPSA) is 68.3 Å². The fourth-order valence-electron chi connectivity index (χ4n) is 4.41. The van der Waals surface area contributed by atoms with Crippen molar-refractivity contribution < 1.29 is 23.8 Å².